The molecule has 1 aromatic carbocycles. The summed E-state index contributed by atoms with van der Waals surface area (Å²) in [5.41, 5.74) is 0.945. The summed E-state index contributed by atoms with van der Waals surface area (Å²) in [5, 5.41) is 5.02. The van der Waals surface area contributed by atoms with Gasteiger partial charge in [-0.2, -0.15) is 4.98 Å². The lowest BCUT2D eigenvalue weighted by Crippen LogP contribution is -2.41. The van der Waals surface area contributed by atoms with Crippen LogP contribution in [0.25, 0.3) is 0 Å². The Hall–Kier alpha value is -3.46. The Morgan fingerprint density at radius 2 is 1.84 bits per heavy atom. The molecule has 1 fully saturated rings. The number of thiazole rings is 1. The van der Waals surface area contributed by atoms with Gasteiger partial charge in [-0.05, 0) is 44.5 Å². The van der Waals surface area contributed by atoms with E-state index in [0.29, 0.717) is 22.0 Å². The number of ether oxygens (including phenoxy) is 2. The van der Waals surface area contributed by atoms with Crippen LogP contribution in [-0.4, -0.2) is 45.9 Å². The molecular formula is C22H22N4O4S. The molecule has 160 valence electrons. The van der Waals surface area contributed by atoms with E-state index in [1.807, 2.05) is 13.8 Å². The number of hydrogen-bond donors (Lipinski definition) is 1. The fourth-order valence-corrected chi connectivity index (χ4v) is 3.43. The predicted molar refractivity (Wildman–Crippen MR) is 117 cm³/mol. The van der Waals surface area contributed by atoms with Gasteiger partial charge in [-0.25, -0.2) is 4.98 Å². The second kappa shape index (κ2) is 9.13. The van der Waals surface area contributed by atoms with Gasteiger partial charge in [0.1, 0.15) is 5.75 Å². The summed E-state index contributed by atoms with van der Waals surface area (Å²) in [6, 6.07) is 9.96. The lowest BCUT2D eigenvalue weighted by Gasteiger charge is -2.30. The van der Waals surface area contributed by atoms with Crippen molar-refractivity contribution in [2.24, 2.45) is 0 Å². The van der Waals surface area contributed by atoms with E-state index in [0.717, 1.165) is 19.5 Å². The van der Waals surface area contributed by atoms with Crippen LogP contribution < -0.4 is 14.8 Å². The highest BCUT2D eigenvalue weighted by atomic mass is 32.1. The Balaban J connectivity index is 1.53. The van der Waals surface area contributed by atoms with Crippen molar-refractivity contribution in [3.05, 3.63) is 59.1 Å². The molecule has 0 aliphatic carbocycles. The van der Waals surface area contributed by atoms with Crippen LogP contribution in [0, 0.1) is 0 Å². The zero-order valence-corrected chi connectivity index (χ0v) is 18.0. The molecule has 8 nitrogen and oxygen atoms in total. The summed E-state index contributed by atoms with van der Waals surface area (Å²) in [6.45, 7) is 5.35. The number of nitrogens with zero attached hydrogens (tertiary/aromatic N) is 3. The smallest absolute Gasteiger partial charge is 0.257 e. The van der Waals surface area contributed by atoms with E-state index >= 15 is 0 Å². The predicted octanol–water partition coefficient (Wildman–Crippen LogP) is 4.22. The zero-order chi connectivity index (χ0) is 21.8. The van der Waals surface area contributed by atoms with Crippen molar-refractivity contribution in [2.75, 3.05) is 18.4 Å². The van der Waals surface area contributed by atoms with E-state index in [-0.39, 0.29) is 29.7 Å². The van der Waals surface area contributed by atoms with E-state index in [1.165, 1.54) is 17.4 Å². The van der Waals surface area contributed by atoms with Gasteiger partial charge in [-0.3, -0.25) is 14.9 Å². The average molecular weight is 439 g/mol. The highest BCUT2D eigenvalue weighted by molar-refractivity contribution is 7.13. The molecule has 1 aliphatic heterocycles. The molecule has 1 saturated heterocycles. The van der Waals surface area contributed by atoms with E-state index < -0.39 is 0 Å². The van der Waals surface area contributed by atoms with Crippen LogP contribution in [0.15, 0.2) is 48.0 Å². The van der Waals surface area contributed by atoms with Crippen LogP contribution in [0.3, 0.4) is 0 Å². The average Bonchev–Trinajstić information content (AvgIpc) is 3.19. The number of anilines is 1. The van der Waals surface area contributed by atoms with E-state index in [1.54, 1.807) is 46.8 Å². The molecule has 2 amide bonds. The molecule has 0 spiro atoms. The van der Waals surface area contributed by atoms with Gasteiger partial charge < -0.3 is 14.4 Å². The largest absolute Gasteiger partial charge is 0.475 e. The van der Waals surface area contributed by atoms with E-state index in [2.05, 4.69) is 15.3 Å². The molecule has 0 radical (unpaired) electrons. The Kier molecular flexibility index (Phi) is 6.13. The minimum Gasteiger partial charge on any atom is -0.475 e. The summed E-state index contributed by atoms with van der Waals surface area (Å²) >= 11 is 1.33. The van der Waals surface area contributed by atoms with Gasteiger partial charge in [0.05, 0.1) is 11.7 Å². The van der Waals surface area contributed by atoms with Gasteiger partial charge >= 0.3 is 0 Å². The second-order valence-electron chi connectivity index (χ2n) is 7.26. The lowest BCUT2D eigenvalue weighted by atomic mass is 10.1. The van der Waals surface area contributed by atoms with Gasteiger partial charge in [0.15, 0.2) is 5.13 Å². The maximum absolute atomic E-state index is 12.6. The number of benzene rings is 1. The van der Waals surface area contributed by atoms with Crippen molar-refractivity contribution in [1.82, 2.24) is 14.9 Å². The summed E-state index contributed by atoms with van der Waals surface area (Å²) in [5.74, 6) is 0.668. The number of amides is 2. The maximum atomic E-state index is 12.6. The molecule has 1 N–H and O–H groups in total. The number of carbonyl (C=O) groups is 2. The summed E-state index contributed by atoms with van der Waals surface area (Å²) in [6.07, 6.45) is 2.54. The third-order valence-electron chi connectivity index (χ3n) is 4.52. The van der Waals surface area contributed by atoms with Crippen LogP contribution in [0.5, 0.6) is 17.5 Å². The van der Waals surface area contributed by atoms with Crippen molar-refractivity contribution in [2.45, 2.75) is 26.4 Å². The van der Waals surface area contributed by atoms with Gasteiger partial charge in [0.2, 0.25) is 11.8 Å². The molecule has 3 heterocycles. The van der Waals surface area contributed by atoms with Crippen molar-refractivity contribution >= 4 is 28.3 Å². The fraction of sp³-hybridized carbons (Fsp3) is 0.273. The Morgan fingerprint density at radius 1 is 1.10 bits per heavy atom. The van der Waals surface area contributed by atoms with Crippen LogP contribution >= 0.6 is 11.3 Å². The highest BCUT2D eigenvalue weighted by Gasteiger charge is 2.21. The molecule has 0 atom stereocenters. The van der Waals surface area contributed by atoms with Gasteiger partial charge in [0, 0.05) is 42.4 Å². The molecule has 1 aliphatic rings. The minimum absolute atomic E-state index is 0.0180. The van der Waals surface area contributed by atoms with Crippen molar-refractivity contribution < 1.29 is 19.1 Å². The first-order valence-corrected chi connectivity index (χ1v) is 10.8. The molecule has 2 aromatic heterocycles. The molecule has 31 heavy (non-hydrogen) atoms. The SMILES string of the molecule is CC(C)Oc1cc(C(=O)Nc2nccs2)cc(Oc2ccc(C(=O)N3CCC3)cc2)n1. The molecule has 9 heteroatoms. The Bertz CT molecular complexity index is 1060. The number of carbonyl (C=O) groups excluding carboxylic acids is 2. The molecule has 3 aromatic rings. The Labute approximate surface area is 183 Å². The molecular weight excluding hydrogens is 416 g/mol. The number of nitrogens with one attached hydrogen (secondary N) is 1. The van der Waals surface area contributed by atoms with Crippen LogP contribution in [0.4, 0.5) is 5.13 Å². The first-order chi connectivity index (χ1) is 15.0. The first kappa shape index (κ1) is 20.8. The van der Waals surface area contributed by atoms with Crippen LogP contribution in [0.2, 0.25) is 0 Å². The molecule has 4 rings (SSSR count). The van der Waals surface area contributed by atoms with Gasteiger partial charge in [-0.1, -0.05) is 0 Å². The van der Waals surface area contributed by atoms with Crippen LogP contribution in [-0.2, 0) is 0 Å². The number of pyridine rings is 1. The number of rotatable bonds is 7. The standard InChI is InChI=1S/C22H22N4O4S/c1-14(2)29-18-12-16(20(27)25-22-23-8-11-31-22)13-19(24-18)30-17-6-4-15(5-7-17)21(28)26-9-3-10-26/h4-8,11-14H,3,9-10H2,1-2H3,(H,23,25,27). The second-order valence-corrected chi connectivity index (χ2v) is 8.16. The zero-order valence-electron chi connectivity index (χ0n) is 17.2. The quantitative estimate of drug-likeness (QED) is 0.594. The summed E-state index contributed by atoms with van der Waals surface area (Å²) in [7, 11) is 0. The van der Waals surface area contributed by atoms with E-state index in [9.17, 15) is 9.59 Å². The molecule has 0 saturated carbocycles. The number of aromatic nitrogens is 2. The van der Waals surface area contributed by atoms with Gasteiger partial charge in [0.25, 0.3) is 11.8 Å². The molecule has 0 bridgehead atoms. The highest BCUT2D eigenvalue weighted by Crippen LogP contribution is 2.26. The minimum atomic E-state index is -0.341. The van der Waals surface area contributed by atoms with Crippen LogP contribution in [0.1, 0.15) is 41.0 Å². The van der Waals surface area contributed by atoms with Crippen molar-refractivity contribution in [3.8, 4) is 17.5 Å². The fourth-order valence-electron chi connectivity index (χ4n) is 2.91. The monoisotopic (exact) mass is 438 g/mol. The molecule has 0 unspecified atom stereocenters. The third kappa shape index (κ3) is 5.18. The van der Waals surface area contributed by atoms with Gasteiger partial charge in [-0.15, -0.1) is 11.3 Å². The third-order valence-corrected chi connectivity index (χ3v) is 5.21. The van der Waals surface area contributed by atoms with Crippen molar-refractivity contribution in [1.29, 1.82) is 0 Å². The summed E-state index contributed by atoms with van der Waals surface area (Å²) in [4.78, 5) is 35.2. The lowest BCUT2D eigenvalue weighted by molar-refractivity contribution is 0.0651. The van der Waals surface area contributed by atoms with E-state index in [4.69, 9.17) is 9.47 Å². The summed E-state index contributed by atoms with van der Waals surface area (Å²) < 4.78 is 11.5. The Morgan fingerprint density at radius 3 is 2.45 bits per heavy atom. The maximum Gasteiger partial charge on any atom is 0.257 e. The number of likely N-dealkylation sites (tertiary alicyclic amines) is 1. The topological polar surface area (TPSA) is 93.7 Å². The normalized spacial score (nSPS) is 12.9. The number of hydrogen-bond acceptors (Lipinski definition) is 7. The first-order valence-electron chi connectivity index (χ1n) is 9.95. The van der Waals surface area contributed by atoms with Crippen molar-refractivity contribution in [3.63, 3.8) is 0 Å².